The lowest BCUT2D eigenvalue weighted by atomic mass is 10.1. The van der Waals surface area contributed by atoms with Crippen LogP contribution < -0.4 is 10.1 Å². The molecule has 2 heteroatoms. The molecule has 0 heterocycles. The maximum Gasteiger partial charge on any atom is 0.130 e. The summed E-state index contributed by atoms with van der Waals surface area (Å²) in [5.41, 5.74) is 4.75. The molecule has 0 saturated heterocycles. The maximum atomic E-state index is 6.08. The van der Waals surface area contributed by atoms with E-state index in [2.05, 4.69) is 62.5 Å². The molecular weight excluding hydrogens is 234 g/mol. The third-order valence-electron chi connectivity index (χ3n) is 3.20. The molecule has 0 saturated carbocycles. The Morgan fingerprint density at radius 1 is 0.895 bits per heavy atom. The van der Waals surface area contributed by atoms with Gasteiger partial charge < -0.3 is 10.1 Å². The van der Waals surface area contributed by atoms with Gasteiger partial charge in [0, 0.05) is 6.54 Å². The van der Waals surface area contributed by atoms with E-state index in [1.807, 2.05) is 7.05 Å². The number of aryl methyl sites for hydroxylation is 3. The molecule has 0 aliphatic heterocycles. The molecule has 2 aromatic rings. The highest BCUT2D eigenvalue weighted by Gasteiger charge is 2.06. The molecule has 2 aromatic carbocycles. The molecule has 0 bridgehead atoms. The molecule has 0 unspecified atom stereocenters. The van der Waals surface area contributed by atoms with E-state index in [-0.39, 0.29) is 0 Å². The van der Waals surface area contributed by atoms with Gasteiger partial charge in [-0.3, -0.25) is 0 Å². The third kappa shape index (κ3) is 3.36. The van der Waals surface area contributed by atoms with Crippen LogP contribution >= 0.6 is 0 Å². The molecule has 0 aliphatic rings. The zero-order chi connectivity index (χ0) is 13.8. The lowest BCUT2D eigenvalue weighted by Crippen LogP contribution is -2.05. The first-order valence-corrected chi connectivity index (χ1v) is 6.59. The summed E-state index contributed by atoms with van der Waals surface area (Å²) in [6.45, 7) is 7.07. The molecule has 0 amide bonds. The zero-order valence-corrected chi connectivity index (χ0v) is 12.1. The Bertz CT molecular complexity index is 575. The molecule has 1 N–H and O–H groups in total. The van der Waals surface area contributed by atoms with Crippen molar-refractivity contribution in [3.05, 3.63) is 58.7 Å². The van der Waals surface area contributed by atoms with Gasteiger partial charge in [0.05, 0.1) is 0 Å². The Hall–Kier alpha value is -1.80. The minimum absolute atomic E-state index is 0.851. The zero-order valence-electron chi connectivity index (χ0n) is 12.1. The fourth-order valence-electron chi connectivity index (χ4n) is 2.00. The van der Waals surface area contributed by atoms with Gasteiger partial charge in [-0.1, -0.05) is 24.3 Å². The molecule has 2 rings (SSSR count). The van der Waals surface area contributed by atoms with E-state index >= 15 is 0 Å². The highest BCUT2D eigenvalue weighted by atomic mass is 16.5. The predicted octanol–water partition coefficient (Wildman–Crippen LogP) is 4.12. The normalized spacial score (nSPS) is 10.5. The van der Waals surface area contributed by atoms with Gasteiger partial charge in [-0.15, -0.1) is 0 Å². The second-order valence-corrected chi connectivity index (χ2v) is 5.00. The van der Waals surface area contributed by atoms with Crippen molar-refractivity contribution in [2.24, 2.45) is 0 Å². The number of nitrogens with one attached hydrogen (secondary N) is 1. The Morgan fingerprint density at radius 3 is 2.21 bits per heavy atom. The van der Waals surface area contributed by atoms with Crippen molar-refractivity contribution < 1.29 is 4.74 Å². The predicted molar refractivity (Wildman–Crippen MR) is 79.9 cm³/mol. The van der Waals surface area contributed by atoms with Gasteiger partial charge in [0.25, 0.3) is 0 Å². The first-order chi connectivity index (χ1) is 9.10. The Balaban J connectivity index is 2.31. The van der Waals surface area contributed by atoms with Gasteiger partial charge in [0.2, 0.25) is 0 Å². The highest BCUT2D eigenvalue weighted by Crippen LogP contribution is 2.29. The van der Waals surface area contributed by atoms with Crippen molar-refractivity contribution in [3.8, 4) is 11.5 Å². The molecule has 19 heavy (non-hydrogen) atoms. The molecule has 2 nitrogen and oxygen atoms in total. The van der Waals surface area contributed by atoms with Crippen LogP contribution in [-0.2, 0) is 6.54 Å². The smallest absolute Gasteiger partial charge is 0.130 e. The summed E-state index contributed by atoms with van der Waals surface area (Å²) in [5.74, 6) is 1.87. The summed E-state index contributed by atoms with van der Waals surface area (Å²) < 4.78 is 6.08. The lowest BCUT2D eigenvalue weighted by molar-refractivity contribution is 0.474. The first-order valence-electron chi connectivity index (χ1n) is 6.59. The molecule has 0 spiro atoms. The van der Waals surface area contributed by atoms with Crippen molar-refractivity contribution >= 4 is 0 Å². The molecule has 0 fully saturated rings. The molecule has 0 aromatic heterocycles. The largest absolute Gasteiger partial charge is 0.457 e. The average Bonchev–Trinajstić information content (AvgIpc) is 2.38. The van der Waals surface area contributed by atoms with Gasteiger partial charge in [0.1, 0.15) is 11.5 Å². The second-order valence-electron chi connectivity index (χ2n) is 5.00. The third-order valence-corrected chi connectivity index (χ3v) is 3.20. The highest BCUT2D eigenvalue weighted by molar-refractivity contribution is 5.43. The van der Waals surface area contributed by atoms with E-state index in [1.165, 1.54) is 11.1 Å². The Labute approximate surface area is 115 Å². The monoisotopic (exact) mass is 255 g/mol. The number of rotatable bonds is 4. The van der Waals surface area contributed by atoms with Gasteiger partial charge >= 0.3 is 0 Å². The van der Waals surface area contributed by atoms with Crippen LogP contribution in [0.1, 0.15) is 22.3 Å². The van der Waals surface area contributed by atoms with Crippen LogP contribution in [0.25, 0.3) is 0 Å². The SMILES string of the molecule is CNCc1ccc(C)c(Oc2cc(C)ccc2C)c1. The lowest BCUT2D eigenvalue weighted by Gasteiger charge is -2.13. The Morgan fingerprint density at radius 2 is 1.53 bits per heavy atom. The maximum absolute atomic E-state index is 6.08. The van der Waals surface area contributed by atoms with Crippen LogP contribution in [0.3, 0.4) is 0 Å². The standard InChI is InChI=1S/C17H21NO/c1-12-5-6-13(2)16(9-12)19-17-10-15(11-18-4)8-7-14(17)3/h5-10,18H,11H2,1-4H3. The van der Waals surface area contributed by atoms with E-state index in [0.29, 0.717) is 0 Å². The van der Waals surface area contributed by atoms with Crippen LogP contribution in [0.15, 0.2) is 36.4 Å². The van der Waals surface area contributed by atoms with E-state index < -0.39 is 0 Å². The quantitative estimate of drug-likeness (QED) is 0.887. The van der Waals surface area contributed by atoms with Gasteiger partial charge in [-0.2, -0.15) is 0 Å². The van der Waals surface area contributed by atoms with Crippen LogP contribution in [0.5, 0.6) is 11.5 Å². The number of benzene rings is 2. The van der Waals surface area contributed by atoms with E-state index in [9.17, 15) is 0 Å². The number of ether oxygens (including phenoxy) is 1. The first kappa shape index (κ1) is 13.6. The van der Waals surface area contributed by atoms with Crippen LogP contribution in [0.2, 0.25) is 0 Å². The average molecular weight is 255 g/mol. The van der Waals surface area contributed by atoms with Crippen molar-refractivity contribution in [2.75, 3.05) is 7.05 Å². The number of hydrogen-bond donors (Lipinski definition) is 1. The van der Waals surface area contributed by atoms with Gasteiger partial charge in [0.15, 0.2) is 0 Å². The molecular formula is C17H21NO. The summed E-state index contributed by atoms with van der Waals surface area (Å²) in [6, 6.07) is 12.6. The van der Waals surface area contributed by atoms with Crippen LogP contribution in [-0.4, -0.2) is 7.05 Å². The fraction of sp³-hybridized carbons (Fsp3) is 0.294. The van der Waals surface area contributed by atoms with E-state index in [0.717, 1.165) is 29.2 Å². The summed E-state index contributed by atoms with van der Waals surface area (Å²) in [5, 5.41) is 3.16. The summed E-state index contributed by atoms with van der Waals surface area (Å²) in [4.78, 5) is 0. The van der Waals surface area contributed by atoms with Crippen LogP contribution in [0, 0.1) is 20.8 Å². The molecule has 0 aliphatic carbocycles. The van der Waals surface area contributed by atoms with Crippen LogP contribution in [0.4, 0.5) is 0 Å². The topological polar surface area (TPSA) is 21.3 Å². The van der Waals surface area contributed by atoms with Crippen molar-refractivity contribution in [1.82, 2.24) is 5.32 Å². The molecule has 100 valence electrons. The molecule has 0 radical (unpaired) electrons. The van der Waals surface area contributed by atoms with Gasteiger partial charge in [-0.25, -0.2) is 0 Å². The number of hydrogen-bond acceptors (Lipinski definition) is 2. The Kier molecular flexibility index (Phi) is 4.23. The van der Waals surface area contributed by atoms with Crippen molar-refractivity contribution in [2.45, 2.75) is 27.3 Å². The van der Waals surface area contributed by atoms with E-state index in [1.54, 1.807) is 0 Å². The van der Waals surface area contributed by atoms with Crippen molar-refractivity contribution in [3.63, 3.8) is 0 Å². The summed E-state index contributed by atoms with van der Waals surface area (Å²) in [6.07, 6.45) is 0. The van der Waals surface area contributed by atoms with Crippen molar-refractivity contribution in [1.29, 1.82) is 0 Å². The van der Waals surface area contributed by atoms with Gasteiger partial charge in [-0.05, 0) is 62.2 Å². The molecule has 0 atom stereocenters. The second kappa shape index (κ2) is 5.89. The summed E-state index contributed by atoms with van der Waals surface area (Å²) in [7, 11) is 1.95. The minimum Gasteiger partial charge on any atom is -0.457 e. The minimum atomic E-state index is 0.851. The van der Waals surface area contributed by atoms with E-state index in [4.69, 9.17) is 4.74 Å². The fourth-order valence-corrected chi connectivity index (χ4v) is 2.00. The summed E-state index contributed by atoms with van der Waals surface area (Å²) >= 11 is 0.